The Labute approximate surface area is 153 Å². The van der Waals surface area contributed by atoms with Crippen molar-refractivity contribution in [1.29, 1.82) is 0 Å². The first-order valence-electron chi connectivity index (χ1n) is 9.18. The predicted molar refractivity (Wildman–Crippen MR) is 97.6 cm³/mol. The summed E-state index contributed by atoms with van der Waals surface area (Å²) in [5.41, 5.74) is 6.66. The number of ether oxygens (including phenoxy) is 1. The number of hydrogen-bond donors (Lipinski definition) is 1. The smallest absolute Gasteiger partial charge is 0.226 e. The lowest BCUT2D eigenvalue weighted by molar-refractivity contribution is -0.134. The summed E-state index contributed by atoms with van der Waals surface area (Å²) in [7, 11) is 1.63. The van der Waals surface area contributed by atoms with E-state index in [1.807, 2.05) is 29.2 Å². The third-order valence-corrected chi connectivity index (χ3v) is 4.82. The molecule has 1 unspecified atom stereocenters. The summed E-state index contributed by atoms with van der Waals surface area (Å²) in [6.07, 6.45) is 5.00. The second-order valence-corrected chi connectivity index (χ2v) is 6.57. The maximum absolute atomic E-state index is 12.4. The zero-order valence-corrected chi connectivity index (χ0v) is 15.2. The van der Waals surface area contributed by atoms with Gasteiger partial charge < -0.3 is 19.9 Å². The van der Waals surface area contributed by atoms with Crippen LogP contribution in [0.5, 0.6) is 5.75 Å². The molecule has 140 valence electrons. The largest absolute Gasteiger partial charge is 0.497 e. The fourth-order valence-corrected chi connectivity index (χ4v) is 3.32. The molecule has 1 aliphatic rings. The highest BCUT2D eigenvalue weighted by atomic mass is 16.5. The highest BCUT2D eigenvalue weighted by Crippen LogP contribution is 2.21. The molecule has 1 aromatic carbocycles. The summed E-state index contributed by atoms with van der Waals surface area (Å²) in [4.78, 5) is 18.8. The van der Waals surface area contributed by atoms with Crippen molar-refractivity contribution < 1.29 is 14.1 Å². The first kappa shape index (κ1) is 18.4. The van der Waals surface area contributed by atoms with Crippen LogP contribution in [-0.4, -0.2) is 47.2 Å². The number of amides is 1. The Hall–Kier alpha value is -2.41. The number of hydrogen-bond acceptors (Lipinski definition) is 6. The molecule has 1 aromatic heterocycles. The lowest BCUT2D eigenvalue weighted by Gasteiger charge is -2.35. The van der Waals surface area contributed by atoms with Gasteiger partial charge in [0.05, 0.1) is 7.11 Å². The molecule has 1 amide bonds. The second kappa shape index (κ2) is 8.80. The lowest BCUT2D eigenvalue weighted by atomic mass is 10.0. The van der Waals surface area contributed by atoms with Crippen LogP contribution in [0.2, 0.25) is 0 Å². The molecule has 1 saturated heterocycles. The minimum absolute atomic E-state index is 0.176. The molecular formula is C19H26N4O3. The third kappa shape index (κ3) is 4.40. The molecule has 1 atom stereocenters. The van der Waals surface area contributed by atoms with Crippen LogP contribution in [0.25, 0.3) is 11.4 Å². The van der Waals surface area contributed by atoms with Crippen LogP contribution in [0.1, 0.15) is 38.0 Å². The van der Waals surface area contributed by atoms with E-state index in [0.717, 1.165) is 37.1 Å². The Kier molecular flexibility index (Phi) is 6.22. The van der Waals surface area contributed by atoms with Gasteiger partial charge in [-0.15, -0.1) is 0 Å². The van der Waals surface area contributed by atoms with Crippen molar-refractivity contribution in [2.45, 2.75) is 44.6 Å². The molecular weight excluding hydrogens is 332 g/mol. The fourth-order valence-electron chi connectivity index (χ4n) is 3.32. The summed E-state index contributed by atoms with van der Waals surface area (Å²) in [6, 6.07) is 7.69. The molecule has 1 aliphatic heterocycles. The summed E-state index contributed by atoms with van der Waals surface area (Å²) < 4.78 is 10.5. The number of carbonyl (C=O) groups is 1. The molecule has 0 radical (unpaired) electrons. The van der Waals surface area contributed by atoms with Crippen LogP contribution in [0, 0.1) is 0 Å². The Morgan fingerprint density at radius 3 is 2.88 bits per heavy atom. The minimum Gasteiger partial charge on any atom is -0.497 e. The van der Waals surface area contributed by atoms with E-state index in [-0.39, 0.29) is 11.9 Å². The van der Waals surface area contributed by atoms with Crippen LogP contribution in [0.15, 0.2) is 28.8 Å². The molecule has 7 nitrogen and oxygen atoms in total. The molecule has 2 heterocycles. The molecule has 1 fully saturated rings. The number of nitrogens with two attached hydrogens (primary N) is 1. The number of aromatic nitrogens is 2. The van der Waals surface area contributed by atoms with Crippen LogP contribution in [0.4, 0.5) is 0 Å². The van der Waals surface area contributed by atoms with Gasteiger partial charge in [-0.1, -0.05) is 5.16 Å². The standard InChI is InChI=1S/C19H26N4O3/c1-25-16-10-8-14(9-11-16)19-21-17(26-22-19)6-4-7-18(24)23-12-3-2-5-15(23)13-20/h8-11,15H,2-7,12-13,20H2,1H3. The van der Waals surface area contributed by atoms with E-state index in [4.69, 9.17) is 15.0 Å². The predicted octanol–water partition coefficient (Wildman–Crippen LogP) is 2.41. The third-order valence-electron chi connectivity index (χ3n) is 4.82. The van der Waals surface area contributed by atoms with Gasteiger partial charge in [-0.25, -0.2) is 0 Å². The van der Waals surface area contributed by atoms with E-state index in [9.17, 15) is 4.79 Å². The number of benzene rings is 1. The lowest BCUT2D eigenvalue weighted by Crippen LogP contribution is -2.47. The minimum atomic E-state index is 0.176. The normalized spacial score (nSPS) is 17.3. The van der Waals surface area contributed by atoms with Crippen molar-refractivity contribution >= 4 is 5.91 Å². The van der Waals surface area contributed by atoms with Crippen LogP contribution in [0.3, 0.4) is 0 Å². The average molecular weight is 358 g/mol. The zero-order chi connectivity index (χ0) is 18.4. The van der Waals surface area contributed by atoms with E-state index in [0.29, 0.717) is 37.5 Å². The Morgan fingerprint density at radius 2 is 2.15 bits per heavy atom. The summed E-state index contributed by atoms with van der Waals surface area (Å²) in [6.45, 7) is 1.36. The van der Waals surface area contributed by atoms with Crippen molar-refractivity contribution in [1.82, 2.24) is 15.0 Å². The zero-order valence-electron chi connectivity index (χ0n) is 15.2. The number of rotatable bonds is 7. The topological polar surface area (TPSA) is 94.5 Å². The number of piperidine rings is 1. The molecule has 2 N–H and O–H groups in total. The SMILES string of the molecule is COc1ccc(-c2noc(CCCC(=O)N3CCCCC3CN)n2)cc1. The van der Waals surface area contributed by atoms with Gasteiger partial charge in [-0.2, -0.15) is 4.98 Å². The van der Waals surface area contributed by atoms with Crippen molar-refractivity contribution in [2.75, 3.05) is 20.2 Å². The molecule has 7 heteroatoms. The molecule has 0 aliphatic carbocycles. The van der Waals surface area contributed by atoms with Gasteiger partial charge in [-0.05, 0) is 49.9 Å². The maximum Gasteiger partial charge on any atom is 0.226 e. The van der Waals surface area contributed by atoms with Crippen LogP contribution >= 0.6 is 0 Å². The Bertz CT molecular complexity index is 714. The van der Waals surface area contributed by atoms with Crippen molar-refractivity contribution in [2.24, 2.45) is 5.73 Å². The second-order valence-electron chi connectivity index (χ2n) is 6.57. The van der Waals surface area contributed by atoms with Crippen molar-refractivity contribution in [3.63, 3.8) is 0 Å². The summed E-state index contributed by atoms with van der Waals surface area (Å²) in [5.74, 6) is 2.06. The van der Waals surface area contributed by atoms with E-state index < -0.39 is 0 Å². The van der Waals surface area contributed by atoms with Crippen LogP contribution in [-0.2, 0) is 11.2 Å². The molecule has 0 spiro atoms. The summed E-state index contributed by atoms with van der Waals surface area (Å²) in [5, 5.41) is 4.02. The van der Waals surface area contributed by atoms with Gasteiger partial charge in [0.25, 0.3) is 0 Å². The Balaban J connectivity index is 1.50. The van der Waals surface area contributed by atoms with Gasteiger partial charge >= 0.3 is 0 Å². The molecule has 2 aromatic rings. The number of methoxy groups -OCH3 is 1. The molecule has 3 rings (SSSR count). The fraction of sp³-hybridized carbons (Fsp3) is 0.526. The van der Waals surface area contributed by atoms with E-state index in [2.05, 4.69) is 10.1 Å². The average Bonchev–Trinajstić information content (AvgIpc) is 3.16. The summed E-state index contributed by atoms with van der Waals surface area (Å²) >= 11 is 0. The number of carbonyl (C=O) groups excluding carboxylic acids is 1. The van der Waals surface area contributed by atoms with E-state index in [1.54, 1.807) is 7.11 Å². The van der Waals surface area contributed by atoms with Crippen LogP contribution < -0.4 is 10.5 Å². The van der Waals surface area contributed by atoms with E-state index in [1.165, 1.54) is 0 Å². The quantitative estimate of drug-likeness (QED) is 0.817. The van der Waals surface area contributed by atoms with Gasteiger partial charge in [0, 0.05) is 37.5 Å². The van der Waals surface area contributed by atoms with Gasteiger partial charge in [0.15, 0.2) is 0 Å². The first-order valence-corrected chi connectivity index (χ1v) is 9.18. The van der Waals surface area contributed by atoms with E-state index >= 15 is 0 Å². The number of likely N-dealkylation sites (tertiary alicyclic amines) is 1. The maximum atomic E-state index is 12.4. The molecule has 0 saturated carbocycles. The van der Waals surface area contributed by atoms with Gasteiger partial charge in [0.2, 0.25) is 17.6 Å². The number of aryl methyl sites for hydroxylation is 1. The molecule has 0 bridgehead atoms. The first-order chi connectivity index (χ1) is 12.7. The highest BCUT2D eigenvalue weighted by molar-refractivity contribution is 5.76. The molecule has 26 heavy (non-hydrogen) atoms. The van der Waals surface area contributed by atoms with Gasteiger partial charge in [-0.3, -0.25) is 4.79 Å². The van der Waals surface area contributed by atoms with Crippen molar-refractivity contribution in [3.05, 3.63) is 30.2 Å². The van der Waals surface area contributed by atoms with Crippen molar-refractivity contribution in [3.8, 4) is 17.1 Å². The number of nitrogens with zero attached hydrogens (tertiary/aromatic N) is 3. The van der Waals surface area contributed by atoms with Gasteiger partial charge in [0.1, 0.15) is 5.75 Å². The monoisotopic (exact) mass is 358 g/mol. The Morgan fingerprint density at radius 1 is 1.35 bits per heavy atom. The highest BCUT2D eigenvalue weighted by Gasteiger charge is 2.25.